The molecule has 2 N–H and O–H groups in total. The van der Waals surface area contributed by atoms with E-state index in [1.54, 1.807) is 13.8 Å². The zero-order valence-electron chi connectivity index (χ0n) is 11.7. The molecule has 1 aliphatic rings. The molecule has 0 aliphatic carbocycles. The lowest BCUT2D eigenvalue weighted by Crippen LogP contribution is -2.45. The molecule has 1 aliphatic heterocycles. The van der Waals surface area contributed by atoms with Crippen molar-refractivity contribution in [1.29, 1.82) is 0 Å². The number of halogens is 1. The van der Waals surface area contributed by atoms with Gasteiger partial charge in [-0.3, -0.25) is 4.79 Å². The molecule has 1 saturated heterocycles. The maximum atomic E-state index is 12.1. The summed E-state index contributed by atoms with van der Waals surface area (Å²) in [5.41, 5.74) is 1.37. The average molecular weight is 288 g/mol. The largest absolute Gasteiger partial charge is 0.361 e. The maximum absolute atomic E-state index is 12.1. The number of aromatic nitrogens is 1. The summed E-state index contributed by atoms with van der Waals surface area (Å²) in [4.78, 5) is 12.1. The Bertz CT molecular complexity index is 420. The van der Waals surface area contributed by atoms with Gasteiger partial charge in [-0.15, -0.1) is 12.4 Å². The van der Waals surface area contributed by atoms with E-state index in [9.17, 15) is 4.79 Å². The Labute approximate surface area is 119 Å². The fraction of sp³-hybridized carbons (Fsp3) is 0.692. The molecule has 1 aromatic heterocycles. The van der Waals surface area contributed by atoms with E-state index < -0.39 is 0 Å². The second-order valence-corrected chi connectivity index (χ2v) is 5.47. The summed E-state index contributed by atoms with van der Waals surface area (Å²) in [6, 6.07) is 0. The first-order valence-corrected chi connectivity index (χ1v) is 6.44. The molecule has 19 heavy (non-hydrogen) atoms. The van der Waals surface area contributed by atoms with Gasteiger partial charge in [0.25, 0.3) is 5.91 Å². The Morgan fingerprint density at radius 3 is 2.79 bits per heavy atom. The topological polar surface area (TPSA) is 67.2 Å². The lowest BCUT2D eigenvalue weighted by atomic mass is 9.83. The molecule has 1 unspecified atom stereocenters. The van der Waals surface area contributed by atoms with Gasteiger partial charge >= 0.3 is 0 Å². The number of aryl methyl sites for hydroxylation is 2. The summed E-state index contributed by atoms with van der Waals surface area (Å²) < 4.78 is 5.01. The number of rotatable bonds is 3. The molecule has 0 aromatic carbocycles. The molecule has 2 rings (SSSR count). The summed E-state index contributed by atoms with van der Waals surface area (Å²) in [5, 5.41) is 10.2. The highest BCUT2D eigenvalue weighted by molar-refractivity contribution is 5.96. The van der Waals surface area contributed by atoms with Crippen molar-refractivity contribution in [3.05, 3.63) is 17.0 Å². The highest BCUT2D eigenvalue weighted by atomic mass is 35.5. The van der Waals surface area contributed by atoms with Crippen LogP contribution in [0.3, 0.4) is 0 Å². The Balaban J connectivity index is 0.00000180. The SMILES string of the molecule is Cc1noc(C)c1C(=O)NCC1(C)CCCNC1.Cl. The Morgan fingerprint density at radius 2 is 2.26 bits per heavy atom. The van der Waals surface area contributed by atoms with E-state index in [0.29, 0.717) is 23.6 Å². The highest BCUT2D eigenvalue weighted by Gasteiger charge is 2.28. The van der Waals surface area contributed by atoms with Crippen molar-refractivity contribution in [2.75, 3.05) is 19.6 Å². The van der Waals surface area contributed by atoms with E-state index >= 15 is 0 Å². The molecule has 1 atom stereocenters. The van der Waals surface area contributed by atoms with Crippen molar-refractivity contribution >= 4 is 18.3 Å². The van der Waals surface area contributed by atoms with Crippen molar-refractivity contribution in [2.24, 2.45) is 5.41 Å². The van der Waals surface area contributed by atoms with Crippen LogP contribution in [0.5, 0.6) is 0 Å². The van der Waals surface area contributed by atoms with Gasteiger partial charge in [-0.25, -0.2) is 0 Å². The average Bonchev–Trinajstić information content (AvgIpc) is 2.67. The Morgan fingerprint density at radius 1 is 1.53 bits per heavy atom. The minimum Gasteiger partial charge on any atom is -0.361 e. The van der Waals surface area contributed by atoms with E-state index in [4.69, 9.17) is 4.52 Å². The van der Waals surface area contributed by atoms with Gasteiger partial charge in [-0.05, 0) is 38.6 Å². The monoisotopic (exact) mass is 287 g/mol. The Kier molecular flexibility index (Phi) is 5.38. The first-order valence-electron chi connectivity index (χ1n) is 6.44. The number of carbonyl (C=O) groups excluding carboxylic acids is 1. The van der Waals surface area contributed by atoms with Gasteiger partial charge in [0.2, 0.25) is 0 Å². The molecule has 1 aromatic rings. The quantitative estimate of drug-likeness (QED) is 0.890. The van der Waals surface area contributed by atoms with E-state index in [2.05, 4.69) is 22.7 Å². The fourth-order valence-electron chi connectivity index (χ4n) is 2.46. The van der Waals surface area contributed by atoms with Crippen LogP contribution in [0.2, 0.25) is 0 Å². The summed E-state index contributed by atoms with van der Waals surface area (Å²) in [5.74, 6) is 0.495. The van der Waals surface area contributed by atoms with Gasteiger partial charge in [0.1, 0.15) is 11.3 Å². The maximum Gasteiger partial charge on any atom is 0.256 e. The van der Waals surface area contributed by atoms with Gasteiger partial charge in [-0.2, -0.15) is 0 Å². The van der Waals surface area contributed by atoms with Crippen LogP contribution in [-0.2, 0) is 0 Å². The molecule has 0 bridgehead atoms. The van der Waals surface area contributed by atoms with Gasteiger partial charge in [0.05, 0.1) is 5.69 Å². The summed E-state index contributed by atoms with van der Waals surface area (Å²) >= 11 is 0. The summed E-state index contributed by atoms with van der Waals surface area (Å²) in [6.45, 7) is 8.46. The number of carbonyl (C=O) groups is 1. The first kappa shape index (κ1) is 16.0. The molecule has 0 radical (unpaired) electrons. The summed E-state index contributed by atoms with van der Waals surface area (Å²) in [6.07, 6.45) is 2.31. The molecule has 108 valence electrons. The number of nitrogens with zero attached hydrogens (tertiary/aromatic N) is 1. The number of nitrogens with one attached hydrogen (secondary N) is 2. The van der Waals surface area contributed by atoms with Crippen molar-refractivity contribution < 1.29 is 9.32 Å². The fourth-order valence-corrected chi connectivity index (χ4v) is 2.46. The second kappa shape index (κ2) is 6.39. The zero-order chi connectivity index (χ0) is 13.2. The number of amides is 1. The van der Waals surface area contributed by atoms with Crippen LogP contribution >= 0.6 is 12.4 Å². The highest BCUT2D eigenvalue weighted by Crippen LogP contribution is 2.24. The van der Waals surface area contributed by atoms with Gasteiger partial charge < -0.3 is 15.2 Å². The van der Waals surface area contributed by atoms with Gasteiger partial charge in [0, 0.05) is 13.1 Å². The molecule has 2 heterocycles. The second-order valence-electron chi connectivity index (χ2n) is 5.47. The molecule has 1 amide bonds. The minimum absolute atomic E-state index is 0. The van der Waals surface area contributed by atoms with E-state index in [-0.39, 0.29) is 23.7 Å². The van der Waals surface area contributed by atoms with Crippen molar-refractivity contribution in [3.63, 3.8) is 0 Å². The van der Waals surface area contributed by atoms with Crippen LogP contribution in [0.4, 0.5) is 0 Å². The zero-order valence-corrected chi connectivity index (χ0v) is 12.5. The van der Waals surface area contributed by atoms with Crippen LogP contribution in [0, 0.1) is 19.3 Å². The molecule has 6 heteroatoms. The lowest BCUT2D eigenvalue weighted by Gasteiger charge is -2.34. The summed E-state index contributed by atoms with van der Waals surface area (Å²) in [7, 11) is 0. The van der Waals surface area contributed by atoms with E-state index in [0.717, 1.165) is 25.9 Å². The third kappa shape index (κ3) is 3.70. The minimum atomic E-state index is -0.0851. The van der Waals surface area contributed by atoms with Crippen LogP contribution in [0.15, 0.2) is 4.52 Å². The predicted octanol–water partition coefficient (Wildman–Crippen LogP) is 1.83. The molecular formula is C13H22ClN3O2. The number of hydrogen-bond acceptors (Lipinski definition) is 4. The van der Waals surface area contributed by atoms with Crippen LogP contribution < -0.4 is 10.6 Å². The first-order chi connectivity index (χ1) is 8.52. The molecule has 0 spiro atoms. The number of hydrogen-bond donors (Lipinski definition) is 2. The van der Waals surface area contributed by atoms with Crippen molar-refractivity contribution in [3.8, 4) is 0 Å². The molecule has 1 fully saturated rings. The standard InChI is InChI=1S/C13H21N3O2.ClH/c1-9-11(10(2)18-16-9)12(17)15-8-13(3)5-4-6-14-7-13;/h14H,4-8H2,1-3H3,(H,15,17);1H. The van der Waals surface area contributed by atoms with Crippen molar-refractivity contribution in [1.82, 2.24) is 15.8 Å². The number of piperidine rings is 1. The smallest absolute Gasteiger partial charge is 0.256 e. The Hall–Kier alpha value is -1.07. The third-order valence-electron chi connectivity index (χ3n) is 3.62. The van der Waals surface area contributed by atoms with Gasteiger partial charge in [-0.1, -0.05) is 12.1 Å². The van der Waals surface area contributed by atoms with Crippen LogP contribution in [0.25, 0.3) is 0 Å². The van der Waals surface area contributed by atoms with Crippen LogP contribution in [-0.4, -0.2) is 30.7 Å². The molecule has 0 saturated carbocycles. The predicted molar refractivity (Wildman–Crippen MR) is 75.8 cm³/mol. The lowest BCUT2D eigenvalue weighted by molar-refractivity contribution is 0.0922. The molecule has 5 nitrogen and oxygen atoms in total. The normalized spacial score (nSPS) is 22.7. The van der Waals surface area contributed by atoms with E-state index in [1.807, 2.05) is 0 Å². The molecular weight excluding hydrogens is 266 g/mol. The van der Waals surface area contributed by atoms with Crippen LogP contribution in [0.1, 0.15) is 41.6 Å². The van der Waals surface area contributed by atoms with Crippen molar-refractivity contribution in [2.45, 2.75) is 33.6 Å². The van der Waals surface area contributed by atoms with Gasteiger partial charge in [0.15, 0.2) is 0 Å². The third-order valence-corrected chi connectivity index (χ3v) is 3.62. The van der Waals surface area contributed by atoms with E-state index in [1.165, 1.54) is 0 Å².